The minimum Gasteiger partial charge on any atom is -0.376 e. The molecular weight excluding hydrogens is 284 g/mol. The Morgan fingerprint density at radius 3 is 2.91 bits per heavy atom. The molecule has 22 heavy (non-hydrogen) atoms. The molecule has 1 aliphatic heterocycles. The lowest BCUT2D eigenvalue weighted by atomic mass is 10.2. The van der Waals surface area contributed by atoms with Crippen molar-refractivity contribution in [2.24, 2.45) is 0 Å². The Morgan fingerprint density at radius 2 is 2.18 bits per heavy atom. The van der Waals surface area contributed by atoms with E-state index in [4.69, 9.17) is 4.74 Å². The summed E-state index contributed by atoms with van der Waals surface area (Å²) < 4.78 is 6.86. The highest BCUT2D eigenvalue weighted by atomic mass is 16.5. The number of amides is 2. The predicted molar refractivity (Wildman–Crippen MR) is 80.8 cm³/mol. The summed E-state index contributed by atoms with van der Waals surface area (Å²) in [5.74, 6) is 0.509. The van der Waals surface area contributed by atoms with Gasteiger partial charge in [0.25, 0.3) is 5.56 Å². The fraction of sp³-hybridized carbons (Fsp3) is 0.667. The number of aromatic nitrogens is 2. The normalized spacial score (nSPS) is 20.8. The second-order valence-corrected chi connectivity index (χ2v) is 5.87. The maximum atomic E-state index is 11.7. The predicted octanol–water partition coefficient (Wildman–Crippen LogP) is 0.599. The molecule has 1 aliphatic carbocycles. The Hall–Kier alpha value is -1.89. The van der Waals surface area contributed by atoms with Crippen LogP contribution in [0.2, 0.25) is 0 Å². The molecule has 3 rings (SSSR count). The second-order valence-electron chi connectivity index (χ2n) is 5.87. The largest absolute Gasteiger partial charge is 0.376 e. The molecule has 1 saturated carbocycles. The molecule has 120 valence electrons. The van der Waals surface area contributed by atoms with Crippen molar-refractivity contribution in [3.8, 4) is 0 Å². The molecular formula is C15H22N4O3. The molecule has 7 heteroatoms. The SMILES string of the molecule is O=C(NCCn1nc(C2CC2)ccc1=O)NC[C@@H]1CCCO1. The van der Waals surface area contributed by atoms with Gasteiger partial charge in [0.1, 0.15) is 0 Å². The molecule has 1 saturated heterocycles. The van der Waals surface area contributed by atoms with E-state index < -0.39 is 0 Å². The van der Waals surface area contributed by atoms with Crippen molar-refractivity contribution < 1.29 is 9.53 Å². The number of hydrogen-bond acceptors (Lipinski definition) is 4. The van der Waals surface area contributed by atoms with Crippen LogP contribution in [0.3, 0.4) is 0 Å². The quantitative estimate of drug-likeness (QED) is 0.806. The van der Waals surface area contributed by atoms with Crippen molar-refractivity contribution >= 4 is 6.03 Å². The van der Waals surface area contributed by atoms with Crippen LogP contribution in [0.4, 0.5) is 4.79 Å². The summed E-state index contributed by atoms with van der Waals surface area (Å²) in [4.78, 5) is 23.4. The lowest BCUT2D eigenvalue weighted by Crippen LogP contribution is -2.41. The first-order chi connectivity index (χ1) is 10.7. The van der Waals surface area contributed by atoms with Crippen LogP contribution in [0.5, 0.6) is 0 Å². The van der Waals surface area contributed by atoms with Crippen molar-refractivity contribution in [3.63, 3.8) is 0 Å². The molecule has 0 radical (unpaired) electrons. The number of carbonyl (C=O) groups excluding carboxylic acids is 1. The first-order valence-corrected chi connectivity index (χ1v) is 7.94. The Labute approximate surface area is 129 Å². The molecule has 0 bridgehead atoms. The van der Waals surface area contributed by atoms with E-state index in [1.165, 1.54) is 4.68 Å². The van der Waals surface area contributed by atoms with E-state index in [0.29, 0.717) is 25.6 Å². The van der Waals surface area contributed by atoms with Crippen LogP contribution in [-0.4, -0.2) is 41.6 Å². The summed E-state index contributed by atoms with van der Waals surface area (Å²) in [6.07, 6.45) is 4.47. The maximum absolute atomic E-state index is 11.7. The number of hydrogen-bond donors (Lipinski definition) is 2. The summed E-state index contributed by atoms with van der Waals surface area (Å²) >= 11 is 0. The van der Waals surface area contributed by atoms with E-state index in [1.54, 1.807) is 12.1 Å². The van der Waals surface area contributed by atoms with Gasteiger partial charge in [0.2, 0.25) is 0 Å². The fourth-order valence-corrected chi connectivity index (χ4v) is 2.57. The van der Waals surface area contributed by atoms with Crippen molar-refractivity contribution in [2.75, 3.05) is 19.7 Å². The number of ether oxygens (including phenoxy) is 1. The smallest absolute Gasteiger partial charge is 0.314 e. The average molecular weight is 306 g/mol. The molecule has 1 aromatic heterocycles. The van der Waals surface area contributed by atoms with E-state index in [-0.39, 0.29) is 17.7 Å². The fourth-order valence-electron chi connectivity index (χ4n) is 2.57. The number of rotatable bonds is 6. The number of nitrogens with one attached hydrogen (secondary N) is 2. The first-order valence-electron chi connectivity index (χ1n) is 7.94. The van der Waals surface area contributed by atoms with E-state index in [9.17, 15) is 9.59 Å². The highest BCUT2D eigenvalue weighted by Gasteiger charge is 2.25. The molecule has 2 N–H and O–H groups in total. The molecule has 2 fully saturated rings. The molecule has 0 spiro atoms. The third-order valence-electron chi connectivity index (χ3n) is 4.01. The Bertz CT molecular complexity index is 576. The van der Waals surface area contributed by atoms with Crippen molar-refractivity contribution in [1.82, 2.24) is 20.4 Å². The molecule has 2 aliphatic rings. The Morgan fingerprint density at radius 1 is 1.32 bits per heavy atom. The van der Waals surface area contributed by atoms with Gasteiger partial charge in [0.15, 0.2) is 0 Å². The van der Waals surface area contributed by atoms with E-state index >= 15 is 0 Å². The minimum absolute atomic E-state index is 0.130. The van der Waals surface area contributed by atoms with Crippen molar-refractivity contribution in [1.29, 1.82) is 0 Å². The lowest BCUT2D eigenvalue weighted by molar-refractivity contribution is 0.111. The standard InChI is InChI=1S/C15H22N4O3/c20-14-6-5-13(11-3-4-11)18-19(14)8-7-16-15(21)17-10-12-2-1-9-22-12/h5-6,11-12H,1-4,7-10H2,(H2,16,17,21)/t12-/m0/s1. The van der Waals surface area contributed by atoms with Crippen molar-refractivity contribution in [3.05, 3.63) is 28.2 Å². The minimum atomic E-state index is -0.234. The maximum Gasteiger partial charge on any atom is 0.314 e. The van der Waals surface area contributed by atoms with Crippen LogP contribution in [0.15, 0.2) is 16.9 Å². The van der Waals surface area contributed by atoms with Crippen LogP contribution in [0.25, 0.3) is 0 Å². The van der Waals surface area contributed by atoms with Gasteiger partial charge in [-0.1, -0.05) is 0 Å². The van der Waals surface area contributed by atoms with Gasteiger partial charge in [-0.2, -0.15) is 5.10 Å². The van der Waals surface area contributed by atoms with Crippen molar-refractivity contribution in [2.45, 2.75) is 44.2 Å². The summed E-state index contributed by atoms with van der Waals surface area (Å²) in [7, 11) is 0. The third-order valence-corrected chi connectivity index (χ3v) is 4.01. The zero-order valence-corrected chi connectivity index (χ0v) is 12.6. The molecule has 0 aromatic carbocycles. The number of carbonyl (C=O) groups is 1. The van der Waals surface area contributed by atoms with Gasteiger partial charge in [-0.3, -0.25) is 4.79 Å². The van der Waals surface area contributed by atoms with E-state index in [0.717, 1.165) is 38.0 Å². The average Bonchev–Trinajstić information content (AvgIpc) is 3.23. The molecule has 0 unspecified atom stereocenters. The highest BCUT2D eigenvalue weighted by molar-refractivity contribution is 5.73. The zero-order chi connectivity index (χ0) is 15.4. The molecule has 2 amide bonds. The first kappa shape index (κ1) is 15.0. The van der Waals surface area contributed by atoms with Crippen LogP contribution in [0.1, 0.15) is 37.3 Å². The van der Waals surface area contributed by atoms with Gasteiger partial charge in [0.05, 0.1) is 18.3 Å². The summed E-state index contributed by atoms with van der Waals surface area (Å²) in [5, 5.41) is 9.88. The van der Waals surface area contributed by atoms with E-state index in [1.807, 2.05) is 0 Å². The zero-order valence-electron chi connectivity index (χ0n) is 12.6. The van der Waals surface area contributed by atoms with Crippen LogP contribution >= 0.6 is 0 Å². The molecule has 2 heterocycles. The molecule has 1 aromatic rings. The van der Waals surface area contributed by atoms with Crippen LogP contribution in [0, 0.1) is 0 Å². The van der Waals surface area contributed by atoms with Gasteiger partial charge in [-0.15, -0.1) is 0 Å². The van der Waals surface area contributed by atoms with E-state index in [2.05, 4.69) is 15.7 Å². The van der Waals surface area contributed by atoms with Gasteiger partial charge in [0, 0.05) is 31.7 Å². The number of urea groups is 1. The summed E-state index contributed by atoms with van der Waals surface area (Å²) in [5.41, 5.74) is 0.841. The van der Waals surface area contributed by atoms with Gasteiger partial charge < -0.3 is 15.4 Å². The Kier molecular flexibility index (Phi) is 4.72. The summed E-state index contributed by atoms with van der Waals surface area (Å²) in [6, 6.07) is 3.12. The topological polar surface area (TPSA) is 85.2 Å². The molecule has 1 atom stereocenters. The van der Waals surface area contributed by atoms with Gasteiger partial charge in [-0.25, -0.2) is 9.48 Å². The van der Waals surface area contributed by atoms with Crippen LogP contribution in [-0.2, 0) is 11.3 Å². The highest BCUT2D eigenvalue weighted by Crippen LogP contribution is 2.38. The van der Waals surface area contributed by atoms with Gasteiger partial charge >= 0.3 is 6.03 Å². The summed E-state index contributed by atoms with van der Waals surface area (Å²) in [6.45, 7) is 2.06. The third kappa shape index (κ3) is 4.07. The monoisotopic (exact) mass is 306 g/mol. The second kappa shape index (κ2) is 6.91. The Balaban J connectivity index is 1.41. The number of nitrogens with zero attached hydrogens (tertiary/aromatic N) is 2. The van der Waals surface area contributed by atoms with Gasteiger partial charge in [-0.05, 0) is 31.7 Å². The van der Waals surface area contributed by atoms with Crippen LogP contribution < -0.4 is 16.2 Å². The molecule has 7 nitrogen and oxygen atoms in total. The lowest BCUT2D eigenvalue weighted by Gasteiger charge is -2.12.